The van der Waals surface area contributed by atoms with Crippen LogP contribution in [0.5, 0.6) is 0 Å². The highest BCUT2D eigenvalue weighted by Gasteiger charge is 2.43. The van der Waals surface area contributed by atoms with Gasteiger partial charge in [-0.2, -0.15) is 0 Å². The molecule has 0 aromatic heterocycles. The standard InChI is InChI=1S/C23H30BN3O4/c1-14-10-15(2)12-17(11-14)21(29)27(23(6,7)22(3,4)5)25-20(28)16-8-9-18-19(13-16)26-31-24(18)30/h8-13,26,30H,1-7H3,(H,25,28). The van der Waals surface area contributed by atoms with Crippen molar-refractivity contribution in [2.75, 3.05) is 5.48 Å². The molecule has 0 saturated carbocycles. The second kappa shape index (κ2) is 8.02. The van der Waals surface area contributed by atoms with Crippen molar-refractivity contribution in [2.24, 2.45) is 5.41 Å². The molecule has 2 aromatic carbocycles. The third-order valence-corrected chi connectivity index (χ3v) is 6.14. The van der Waals surface area contributed by atoms with Crippen LogP contribution in [0.3, 0.4) is 0 Å². The highest BCUT2D eigenvalue weighted by Crippen LogP contribution is 2.35. The van der Waals surface area contributed by atoms with Crippen molar-refractivity contribution in [3.8, 4) is 0 Å². The minimum absolute atomic E-state index is 0.280. The largest absolute Gasteiger partial charge is 0.516 e. The predicted molar refractivity (Wildman–Crippen MR) is 122 cm³/mol. The molecule has 3 N–H and O–H groups in total. The second-order valence-electron chi connectivity index (χ2n) is 9.64. The van der Waals surface area contributed by atoms with E-state index >= 15 is 0 Å². The van der Waals surface area contributed by atoms with Crippen LogP contribution in [0.1, 0.15) is 66.5 Å². The second-order valence-corrected chi connectivity index (χ2v) is 9.64. The normalized spacial score (nSPS) is 13.5. The fourth-order valence-corrected chi connectivity index (χ4v) is 3.36. The Bertz CT molecular complexity index is 1010. The lowest BCUT2D eigenvalue weighted by atomic mass is 9.75. The van der Waals surface area contributed by atoms with E-state index in [1.807, 2.05) is 66.7 Å². The average Bonchev–Trinajstić information content (AvgIpc) is 3.04. The lowest BCUT2D eigenvalue weighted by molar-refractivity contribution is -0.00518. The van der Waals surface area contributed by atoms with Crippen LogP contribution in [-0.2, 0) is 4.76 Å². The Kier molecular flexibility index (Phi) is 5.91. The maximum Gasteiger partial charge on any atom is 0.516 e. The van der Waals surface area contributed by atoms with Gasteiger partial charge in [0.2, 0.25) is 0 Å². The first-order valence-electron chi connectivity index (χ1n) is 10.3. The molecule has 8 heteroatoms. The van der Waals surface area contributed by atoms with Crippen LogP contribution in [0.15, 0.2) is 36.4 Å². The van der Waals surface area contributed by atoms with Crippen molar-refractivity contribution in [3.63, 3.8) is 0 Å². The van der Waals surface area contributed by atoms with Gasteiger partial charge in [-0.05, 0) is 57.4 Å². The fraction of sp³-hybridized carbons (Fsp3) is 0.391. The van der Waals surface area contributed by atoms with Gasteiger partial charge in [0.15, 0.2) is 0 Å². The van der Waals surface area contributed by atoms with Crippen molar-refractivity contribution >= 4 is 30.1 Å². The van der Waals surface area contributed by atoms with Gasteiger partial charge in [-0.15, -0.1) is 0 Å². The molecule has 2 amide bonds. The van der Waals surface area contributed by atoms with Crippen molar-refractivity contribution in [3.05, 3.63) is 58.7 Å². The quantitative estimate of drug-likeness (QED) is 0.522. The third kappa shape index (κ3) is 4.45. The molecule has 2 aromatic rings. The molecular formula is C23H30BN3O4. The highest BCUT2D eigenvalue weighted by molar-refractivity contribution is 6.63. The SMILES string of the molecule is Cc1cc(C)cc(C(=O)N(NC(=O)c2ccc3c(c2)NOB3O)C(C)(C)C(C)(C)C)c1. The summed E-state index contributed by atoms with van der Waals surface area (Å²) in [4.78, 5) is 26.7. The molecule has 0 unspecified atom stereocenters. The molecule has 1 aliphatic heterocycles. The predicted octanol–water partition coefficient (Wildman–Crippen LogP) is 2.96. The van der Waals surface area contributed by atoms with Crippen LogP contribution in [0.2, 0.25) is 0 Å². The van der Waals surface area contributed by atoms with E-state index in [0.29, 0.717) is 22.3 Å². The average molecular weight is 423 g/mol. The van der Waals surface area contributed by atoms with E-state index in [4.69, 9.17) is 4.76 Å². The molecule has 0 fully saturated rings. The molecule has 7 nitrogen and oxygen atoms in total. The van der Waals surface area contributed by atoms with Gasteiger partial charge in [-0.3, -0.25) is 25.3 Å². The summed E-state index contributed by atoms with van der Waals surface area (Å²) in [7, 11) is -1.07. The van der Waals surface area contributed by atoms with Crippen molar-refractivity contribution < 1.29 is 19.4 Å². The summed E-state index contributed by atoms with van der Waals surface area (Å²) in [6, 6.07) is 10.5. The van der Waals surface area contributed by atoms with Crippen LogP contribution < -0.4 is 16.4 Å². The van der Waals surface area contributed by atoms with E-state index in [2.05, 4.69) is 10.9 Å². The van der Waals surface area contributed by atoms with Gasteiger partial charge in [-0.25, -0.2) is 5.01 Å². The summed E-state index contributed by atoms with van der Waals surface area (Å²) in [5.74, 6) is -0.709. The van der Waals surface area contributed by atoms with Gasteiger partial charge < -0.3 is 5.02 Å². The molecule has 0 spiro atoms. The number of benzene rings is 2. The Hall–Kier alpha value is -2.84. The minimum Gasteiger partial charge on any atom is -0.422 e. The van der Waals surface area contributed by atoms with Crippen LogP contribution in [-0.4, -0.2) is 34.5 Å². The highest BCUT2D eigenvalue weighted by atomic mass is 16.7. The minimum atomic E-state index is -1.07. The van der Waals surface area contributed by atoms with Crippen LogP contribution >= 0.6 is 0 Å². The number of carbonyl (C=O) groups is 2. The molecule has 3 rings (SSSR count). The van der Waals surface area contributed by atoms with Gasteiger partial charge >= 0.3 is 7.12 Å². The summed E-state index contributed by atoms with van der Waals surface area (Å²) in [5, 5.41) is 11.2. The fourth-order valence-electron chi connectivity index (χ4n) is 3.36. The summed E-state index contributed by atoms with van der Waals surface area (Å²) < 4.78 is 4.97. The number of hydrazine groups is 1. The number of rotatable bonds is 3. The van der Waals surface area contributed by atoms with Crippen LogP contribution in [0.4, 0.5) is 5.69 Å². The Labute approximate surface area is 183 Å². The zero-order valence-electron chi connectivity index (χ0n) is 19.2. The van der Waals surface area contributed by atoms with Crippen molar-refractivity contribution in [2.45, 2.75) is 54.0 Å². The zero-order chi connectivity index (χ0) is 23.1. The molecule has 164 valence electrons. The van der Waals surface area contributed by atoms with Gasteiger partial charge in [0, 0.05) is 16.6 Å². The number of fused-ring (bicyclic) bond motifs is 1. The number of amides is 2. The van der Waals surface area contributed by atoms with E-state index in [-0.39, 0.29) is 11.3 Å². The number of carbonyl (C=O) groups excluding carboxylic acids is 2. The van der Waals surface area contributed by atoms with Gasteiger partial charge in [0.1, 0.15) is 0 Å². The monoisotopic (exact) mass is 423 g/mol. The topological polar surface area (TPSA) is 90.9 Å². The first-order valence-corrected chi connectivity index (χ1v) is 10.3. The lowest BCUT2D eigenvalue weighted by Crippen LogP contribution is -2.62. The molecule has 1 heterocycles. The van der Waals surface area contributed by atoms with E-state index in [1.165, 1.54) is 5.01 Å². The van der Waals surface area contributed by atoms with E-state index in [9.17, 15) is 14.6 Å². The Morgan fingerprint density at radius 3 is 2.19 bits per heavy atom. The van der Waals surface area contributed by atoms with E-state index in [0.717, 1.165) is 11.1 Å². The maximum atomic E-state index is 13.6. The number of anilines is 1. The number of nitrogens with zero attached hydrogens (tertiary/aromatic N) is 1. The summed E-state index contributed by atoms with van der Waals surface area (Å²) in [6.07, 6.45) is 0. The molecule has 0 atom stereocenters. The molecule has 0 aliphatic carbocycles. The zero-order valence-corrected chi connectivity index (χ0v) is 19.2. The number of nitrogens with one attached hydrogen (secondary N) is 2. The summed E-state index contributed by atoms with van der Waals surface area (Å²) in [6.45, 7) is 13.8. The molecule has 0 saturated heterocycles. The summed E-state index contributed by atoms with van der Waals surface area (Å²) >= 11 is 0. The molecular weight excluding hydrogens is 393 g/mol. The number of aryl methyl sites for hydroxylation is 2. The van der Waals surface area contributed by atoms with Gasteiger partial charge in [0.25, 0.3) is 11.8 Å². The van der Waals surface area contributed by atoms with Gasteiger partial charge in [0.05, 0.1) is 11.2 Å². The number of hydrogen-bond donors (Lipinski definition) is 3. The summed E-state index contributed by atoms with van der Waals surface area (Å²) in [5.41, 5.74) is 8.29. The van der Waals surface area contributed by atoms with Crippen LogP contribution in [0.25, 0.3) is 0 Å². The first-order chi connectivity index (χ1) is 14.3. The van der Waals surface area contributed by atoms with E-state index < -0.39 is 18.6 Å². The smallest absolute Gasteiger partial charge is 0.422 e. The molecule has 0 bridgehead atoms. The van der Waals surface area contributed by atoms with E-state index in [1.54, 1.807) is 18.2 Å². The van der Waals surface area contributed by atoms with Crippen molar-refractivity contribution in [1.29, 1.82) is 0 Å². The Balaban J connectivity index is 1.97. The third-order valence-electron chi connectivity index (χ3n) is 6.14. The number of hydrogen-bond acceptors (Lipinski definition) is 5. The molecule has 1 aliphatic rings. The maximum absolute atomic E-state index is 13.6. The van der Waals surface area contributed by atoms with Crippen molar-refractivity contribution in [1.82, 2.24) is 10.4 Å². The Morgan fingerprint density at radius 2 is 1.61 bits per heavy atom. The van der Waals surface area contributed by atoms with Crippen LogP contribution in [0, 0.1) is 19.3 Å². The van der Waals surface area contributed by atoms with Gasteiger partial charge in [-0.1, -0.05) is 44.0 Å². The first kappa shape index (κ1) is 22.8. The Morgan fingerprint density at radius 1 is 1.00 bits per heavy atom. The lowest BCUT2D eigenvalue weighted by Gasteiger charge is -2.47. The molecule has 31 heavy (non-hydrogen) atoms. The molecule has 0 radical (unpaired) electrons.